The Balaban J connectivity index is 3.44. The molecule has 0 aromatic rings. The maximum absolute atomic E-state index is 10.7. The fourth-order valence-electron chi connectivity index (χ4n) is 0.758. The molecule has 70 valence electrons. The molecule has 0 aliphatic carbocycles. The number of carbonyl (C=O) groups is 1. The van der Waals surface area contributed by atoms with Crippen LogP contribution in [0.2, 0.25) is 0 Å². The molecular weight excluding hydrogens is 156 g/mol. The lowest BCUT2D eigenvalue weighted by Crippen LogP contribution is -2.78. The van der Waals surface area contributed by atoms with E-state index in [4.69, 9.17) is 17.2 Å². The Kier molecular flexibility index (Phi) is 5.03. The maximum atomic E-state index is 10.7. The number of Topliss-reactive ketones (excluding diaryl/α,β-unsaturated/α-hetero) is 1. The van der Waals surface area contributed by atoms with E-state index in [0.717, 1.165) is 6.42 Å². The molecule has 5 heteroatoms. The van der Waals surface area contributed by atoms with Gasteiger partial charge in [-0.25, -0.2) is 0 Å². The lowest BCUT2D eigenvalue weighted by Gasteiger charge is -2.04. The van der Waals surface area contributed by atoms with Crippen LogP contribution in [0.15, 0.2) is 0 Å². The monoisotopic (exact) mass is 173 g/mol. The quantitative estimate of drug-likeness (QED) is 0.202. The molecule has 0 saturated heterocycles. The topological polar surface area (TPSA) is 109 Å². The summed E-state index contributed by atoms with van der Waals surface area (Å²) in [6.07, 6.45) is 1.45. The molecule has 0 fully saturated rings. The summed E-state index contributed by atoms with van der Waals surface area (Å²) in [4.78, 5) is 13.4. The molecule has 0 aliphatic rings. The lowest BCUT2D eigenvalue weighted by atomic mass is 10.1. The number of guanidine groups is 1. The van der Waals surface area contributed by atoms with E-state index in [9.17, 15) is 4.79 Å². The summed E-state index contributed by atoms with van der Waals surface area (Å²) in [5.74, 6) is 0.214. The Hall–Kier alpha value is -1.10. The van der Waals surface area contributed by atoms with Crippen LogP contribution in [0, 0.1) is 0 Å². The van der Waals surface area contributed by atoms with Gasteiger partial charge in [-0.05, 0) is 19.8 Å². The molecule has 0 amide bonds. The molecule has 0 radical (unpaired) electrons. The van der Waals surface area contributed by atoms with Crippen LogP contribution in [-0.2, 0) is 4.79 Å². The van der Waals surface area contributed by atoms with Crippen molar-refractivity contribution in [3.63, 3.8) is 0 Å². The number of ketones is 1. The van der Waals surface area contributed by atoms with Gasteiger partial charge in [-0.2, -0.15) is 0 Å². The molecular formula is C7H17N4O+. The van der Waals surface area contributed by atoms with Crippen molar-refractivity contribution < 1.29 is 9.79 Å². The fourth-order valence-corrected chi connectivity index (χ4v) is 0.758. The van der Waals surface area contributed by atoms with Crippen LogP contribution in [0.25, 0.3) is 0 Å². The average molecular weight is 173 g/mol. The summed E-state index contributed by atoms with van der Waals surface area (Å²) in [5, 5.41) is 0. The molecule has 0 aliphatic heterocycles. The van der Waals surface area contributed by atoms with E-state index in [1.165, 1.54) is 6.92 Å². The molecule has 0 heterocycles. The van der Waals surface area contributed by atoms with Crippen LogP contribution in [0.3, 0.4) is 0 Å². The first kappa shape index (κ1) is 10.9. The van der Waals surface area contributed by atoms with Crippen LogP contribution >= 0.6 is 0 Å². The third kappa shape index (κ3) is 5.67. The highest BCUT2D eigenvalue weighted by molar-refractivity contribution is 5.81. The minimum atomic E-state index is -0.356. The minimum Gasteiger partial charge on any atom is -0.322 e. The van der Waals surface area contributed by atoms with Gasteiger partial charge in [0.25, 0.3) is 0 Å². The highest BCUT2D eigenvalue weighted by Gasteiger charge is 2.06. The van der Waals surface area contributed by atoms with Crippen molar-refractivity contribution in [2.45, 2.75) is 25.8 Å². The van der Waals surface area contributed by atoms with Gasteiger partial charge in [0.1, 0.15) is 5.78 Å². The van der Waals surface area contributed by atoms with Gasteiger partial charge in [0, 0.05) is 0 Å². The number of hydrogen-bond acceptors (Lipinski definition) is 2. The second-order valence-electron chi connectivity index (χ2n) is 2.74. The third-order valence-electron chi connectivity index (χ3n) is 1.54. The number of rotatable bonds is 5. The second kappa shape index (κ2) is 5.54. The summed E-state index contributed by atoms with van der Waals surface area (Å²) < 4.78 is 0. The largest absolute Gasteiger partial charge is 0.338 e. The average Bonchev–Trinajstić information content (AvgIpc) is 1.97. The van der Waals surface area contributed by atoms with E-state index in [1.54, 1.807) is 0 Å². The molecule has 0 spiro atoms. The Morgan fingerprint density at radius 2 is 2.08 bits per heavy atom. The van der Waals surface area contributed by atoms with Gasteiger partial charge in [0.15, 0.2) is 0 Å². The van der Waals surface area contributed by atoms with Crippen LogP contribution in [-0.4, -0.2) is 24.3 Å². The summed E-state index contributed by atoms with van der Waals surface area (Å²) in [5.41, 5.74) is 15.8. The molecule has 7 N–H and O–H groups in total. The summed E-state index contributed by atoms with van der Waals surface area (Å²) >= 11 is 0. The molecule has 0 unspecified atom stereocenters. The van der Waals surface area contributed by atoms with E-state index in [1.807, 2.05) is 0 Å². The zero-order valence-electron chi connectivity index (χ0n) is 7.34. The SMILES string of the molecule is CC(=O)[C@@H](N)CCC[NH+]=C(N)N. The Labute approximate surface area is 72.0 Å². The number of carbonyl (C=O) groups excluding carboxylic acids is 1. The van der Waals surface area contributed by atoms with Crippen molar-refractivity contribution >= 4 is 11.7 Å². The highest BCUT2D eigenvalue weighted by Crippen LogP contribution is 1.92. The normalized spacial score (nSPS) is 12.2. The molecule has 0 rings (SSSR count). The zero-order valence-corrected chi connectivity index (χ0v) is 7.34. The van der Waals surface area contributed by atoms with Crippen LogP contribution in [0.5, 0.6) is 0 Å². The Morgan fingerprint density at radius 1 is 1.50 bits per heavy atom. The smallest absolute Gasteiger partial charge is 0.322 e. The van der Waals surface area contributed by atoms with Gasteiger partial charge in [0.2, 0.25) is 0 Å². The van der Waals surface area contributed by atoms with Gasteiger partial charge in [-0.1, -0.05) is 0 Å². The number of nitrogens with one attached hydrogen (secondary N) is 1. The van der Waals surface area contributed by atoms with Crippen molar-refractivity contribution in [2.75, 3.05) is 6.54 Å². The Bertz CT molecular complexity index is 174. The molecule has 0 saturated carbocycles. The minimum absolute atomic E-state index is 0.0136. The third-order valence-corrected chi connectivity index (χ3v) is 1.54. The van der Waals surface area contributed by atoms with Gasteiger partial charge in [0.05, 0.1) is 12.6 Å². The predicted octanol–water partition coefficient (Wildman–Crippen LogP) is -2.96. The Morgan fingerprint density at radius 3 is 2.50 bits per heavy atom. The van der Waals surface area contributed by atoms with E-state index >= 15 is 0 Å². The first-order valence-corrected chi connectivity index (χ1v) is 3.92. The van der Waals surface area contributed by atoms with E-state index in [2.05, 4.69) is 4.99 Å². The summed E-state index contributed by atoms with van der Waals surface area (Å²) in [6.45, 7) is 2.14. The van der Waals surface area contributed by atoms with Gasteiger partial charge < -0.3 is 5.73 Å². The van der Waals surface area contributed by atoms with E-state index in [-0.39, 0.29) is 17.8 Å². The molecule has 0 bridgehead atoms. The van der Waals surface area contributed by atoms with Crippen molar-refractivity contribution in [1.82, 2.24) is 0 Å². The zero-order chi connectivity index (χ0) is 9.56. The fraction of sp³-hybridized carbons (Fsp3) is 0.714. The molecule has 0 aromatic carbocycles. The van der Waals surface area contributed by atoms with Gasteiger partial charge in [-0.3, -0.25) is 21.3 Å². The predicted molar refractivity (Wildman–Crippen MR) is 47.1 cm³/mol. The van der Waals surface area contributed by atoms with E-state index in [0.29, 0.717) is 13.0 Å². The molecule has 0 aromatic heterocycles. The summed E-state index contributed by atoms with van der Waals surface area (Å²) in [6, 6.07) is -0.356. The van der Waals surface area contributed by atoms with Crippen LogP contribution in [0.1, 0.15) is 19.8 Å². The molecule has 1 atom stereocenters. The first-order chi connectivity index (χ1) is 5.54. The van der Waals surface area contributed by atoms with Gasteiger partial charge in [-0.15, -0.1) is 0 Å². The van der Waals surface area contributed by atoms with Crippen molar-refractivity contribution in [2.24, 2.45) is 17.2 Å². The summed E-state index contributed by atoms with van der Waals surface area (Å²) in [7, 11) is 0. The van der Waals surface area contributed by atoms with Crippen LogP contribution < -0.4 is 22.2 Å². The first-order valence-electron chi connectivity index (χ1n) is 3.92. The van der Waals surface area contributed by atoms with Crippen molar-refractivity contribution in [1.29, 1.82) is 0 Å². The second-order valence-corrected chi connectivity index (χ2v) is 2.74. The van der Waals surface area contributed by atoms with Gasteiger partial charge >= 0.3 is 5.96 Å². The molecule has 12 heavy (non-hydrogen) atoms. The number of hydrogen-bond donors (Lipinski definition) is 4. The van der Waals surface area contributed by atoms with Crippen LogP contribution in [0.4, 0.5) is 0 Å². The maximum Gasteiger partial charge on any atom is 0.338 e. The lowest BCUT2D eigenvalue weighted by molar-refractivity contribution is -0.459. The van der Waals surface area contributed by atoms with Crippen molar-refractivity contribution in [3.8, 4) is 0 Å². The number of nitrogens with two attached hydrogens (primary N) is 3. The van der Waals surface area contributed by atoms with E-state index < -0.39 is 0 Å². The van der Waals surface area contributed by atoms with Crippen molar-refractivity contribution in [3.05, 3.63) is 0 Å². The standard InChI is InChI=1S/C7H16N4O/c1-5(12)6(8)3-2-4-11-7(9)10/h6H,2-4,8H2,1H3,(H4,9,10,11)/p+1/t6-/m0/s1. The molecule has 5 nitrogen and oxygen atoms in total. The highest BCUT2D eigenvalue weighted by atomic mass is 16.1.